The van der Waals surface area contributed by atoms with Gasteiger partial charge in [0.15, 0.2) is 0 Å². The predicted octanol–water partition coefficient (Wildman–Crippen LogP) is 1.51. The van der Waals surface area contributed by atoms with Crippen molar-refractivity contribution < 1.29 is 29.0 Å². The zero-order valence-electron chi connectivity index (χ0n) is 19.0. The maximum Gasteiger partial charge on any atom is 0.312 e. The van der Waals surface area contributed by atoms with E-state index in [0.717, 1.165) is 12.8 Å². The summed E-state index contributed by atoms with van der Waals surface area (Å²) in [6, 6.07) is -0.859. The van der Waals surface area contributed by atoms with Crippen LogP contribution in [0.4, 0.5) is 0 Å². The molecule has 0 aromatic rings. The van der Waals surface area contributed by atoms with Crippen LogP contribution >= 0.6 is 0 Å². The van der Waals surface area contributed by atoms with Crippen molar-refractivity contribution in [3.63, 3.8) is 0 Å². The number of carbonyl (C=O) groups is 3. The van der Waals surface area contributed by atoms with Crippen LogP contribution in [0.1, 0.15) is 52.9 Å². The van der Waals surface area contributed by atoms with Crippen LogP contribution in [0.25, 0.3) is 0 Å². The van der Waals surface area contributed by atoms with Crippen molar-refractivity contribution >= 4 is 17.8 Å². The van der Waals surface area contributed by atoms with Crippen LogP contribution in [0.15, 0.2) is 12.7 Å². The summed E-state index contributed by atoms with van der Waals surface area (Å²) in [5, 5.41) is 9.65. The molecule has 3 aliphatic heterocycles. The lowest BCUT2D eigenvalue weighted by Gasteiger charge is -2.36. The van der Waals surface area contributed by atoms with Crippen molar-refractivity contribution in [1.82, 2.24) is 9.80 Å². The van der Waals surface area contributed by atoms with Crippen LogP contribution in [0, 0.1) is 11.8 Å². The van der Waals surface area contributed by atoms with E-state index in [1.807, 2.05) is 6.92 Å². The van der Waals surface area contributed by atoms with Gasteiger partial charge in [0.25, 0.3) is 0 Å². The summed E-state index contributed by atoms with van der Waals surface area (Å²) in [7, 11) is 0. The van der Waals surface area contributed by atoms with Crippen molar-refractivity contribution in [2.75, 3.05) is 32.8 Å². The van der Waals surface area contributed by atoms with Gasteiger partial charge in [-0.1, -0.05) is 26.3 Å². The van der Waals surface area contributed by atoms with Gasteiger partial charge in [0, 0.05) is 19.6 Å². The summed E-state index contributed by atoms with van der Waals surface area (Å²) in [6.07, 6.45) is 5.14. The molecule has 0 radical (unpaired) electrons. The van der Waals surface area contributed by atoms with Crippen LogP contribution in [-0.4, -0.2) is 82.8 Å². The van der Waals surface area contributed by atoms with Gasteiger partial charge in [-0.3, -0.25) is 14.4 Å². The summed E-state index contributed by atoms with van der Waals surface area (Å²) in [4.78, 5) is 43.5. The molecule has 0 aliphatic carbocycles. The second-order valence-corrected chi connectivity index (χ2v) is 8.77. The van der Waals surface area contributed by atoms with Crippen LogP contribution in [0.3, 0.4) is 0 Å². The zero-order chi connectivity index (χ0) is 22.8. The topological polar surface area (TPSA) is 96.4 Å². The monoisotopic (exact) mass is 436 g/mol. The van der Waals surface area contributed by atoms with E-state index in [0.29, 0.717) is 32.4 Å². The molecule has 0 aromatic heterocycles. The number of fused-ring (bicyclic) bond motifs is 1. The Labute approximate surface area is 184 Å². The smallest absolute Gasteiger partial charge is 0.312 e. The summed E-state index contributed by atoms with van der Waals surface area (Å²) < 4.78 is 11.9. The van der Waals surface area contributed by atoms with Crippen molar-refractivity contribution in [3.05, 3.63) is 12.7 Å². The van der Waals surface area contributed by atoms with Crippen LogP contribution in [0.5, 0.6) is 0 Å². The van der Waals surface area contributed by atoms with E-state index in [1.165, 1.54) is 4.90 Å². The summed E-state index contributed by atoms with van der Waals surface area (Å²) in [5.74, 6) is -2.43. The standard InChI is InChI=1S/C23H36N2O6/c1-5-9-13-24(12-6-2)20(28)18-23-11-10-22(7-3,31-23)17(21(29)30-8-4)16(23)19(27)25(18)14-15-26/h6,16-18,26H,2,5,7-15H2,1,3-4H3/t16-,17-,18?,22+,23?/m0/s1. The second kappa shape index (κ2) is 9.28. The van der Waals surface area contributed by atoms with Crippen LogP contribution in [-0.2, 0) is 23.9 Å². The van der Waals surface area contributed by atoms with E-state index >= 15 is 0 Å². The van der Waals surface area contributed by atoms with Gasteiger partial charge in [0.05, 0.1) is 24.7 Å². The average molecular weight is 437 g/mol. The molecule has 2 unspecified atom stereocenters. The number of ether oxygens (including phenoxy) is 2. The number of likely N-dealkylation sites (tertiary alicyclic amines) is 1. The van der Waals surface area contributed by atoms with Gasteiger partial charge in [0.2, 0.25) is 11.8 Å². The number of rotatable bonds is 11. The van der Waals surface area contributed by atoms with Crippen LogP contribution in [0.2, 0.25) is 0 Å². The number of aliphatic hydroxyl groups excluding tert-OH is 1. The summed E-state index contributed by atoms with van der Waals surface area (Å²) >= 11 is 0. The quantitative estimate of drug-likeness (QED) is 0.390. The fourth-order valence-electron chi connectivity index (χ4n) is 5.91. The minimum absolute atomic E-state index is 0.0290. The van der Waals surface area contributed by atoms with E-state index in [4.69, 9.17) is 9.47 Å². The summed E-state index contributed by atoms with van der Waals surface area (Å²) in [5.41, 5.74) is -1.86. The highest BCUT2D eigenvalue weighted by molar-refractivity contribution is 5.98. The van der Waals surface area contributed by atoms with Crippen molar-refractivity contribution in [1.29, 1.82) is 0 Å². The molecule has 174 valence electrons. The van der Waals surface area contributed by atoms with Gasteiger partial charge < -0.3 is 24.4 Å². The molecule has 5 atom stereocenters. The Hall–Kier alpha value is -1.93. The lowest BCUT2D eigenvalue weighted by atomic mass is 9.65. The molecule has 8 heteroatoms. The highest BCUT2D eigenvalue weighted by Gasteiger charge is 2.79. The number of hydrogen-bond acceptors (Lipinski definition) is 6. The first-order valence-corrected chi connectivity index (χ1v) is 11.5. The Morgan fingerprint density at radius 2 is 2.10 bits per heavy atom. The van der Waals surface area contributed by atoms with Gasteiger partial charge in [0.1, 0.15) is 17.6 Å². The Morgan fingerprint density at radius 3 is 2.68 bits per heavy atom. The molecule has 2 bridgehead atoms. The number of hydrogen-bond donors (Lipinski definition) is 1. The molecule has 3 aliphatic rings. The fraction of sp³-hybridized carbons (Fsp3) is 0.783. The highest BCUT2D eigenvalue weighted by Crippen LogP contribution is 2.64. The molecular weight excluding hydrogens is 400 g/mol. The normalized spacial score (nSPS) is 33.5. The van der Waals surface area contributed by atoms with Gasteiger partial charge >= 0.3 is 5.97 Å². The molecule has 1 spiro atoms. The molecular formula is C23H36N2O6. The second-order valence-electron chi connectivity index (χ2n) is 8.77. The number of amides is 2. The van der Waals surface area contributed by atoms with Gasteiger partial charge in [-0.25, -0.2) is 0 Å². The maximum atomic E-state index is 13.8. The summed E-state index contributed by atoms with van der Waals surface area (Å²) in [6.45, 7) is 10.4. The molecule has 8 nitrogen and oxygen atoms in total. The molecule has 0 saturated carbocycles. The van der Waals surface area contributed by atoms with Gasteiger partial charge in [-0.15, -0.1) is 6.58 Å². The Kier molecular flexibility index (Phi) is 7.11. The molecule has 3 fully saturated rings. The molecule has 2 amide bonds. The van der Waals surface area contributed by atoms with Crippen molar-refractivity contribution in [2.45, 2.75) is 70.1 Å². The molecule has 31 heavy (non-hydrogen) atoms. The highest BCUT2D eigenvalue weighted by atomic mass is 16.6. The number of carbonyl (C=O) groups excluding carboxylic acids is 3. The minimum atomic E-state index is -1.07. The minimum Gasteiger partial charge on any atom is -0.466 e. The Bertz CT molecular complexity index is 727. The lowest BCUT2D eigenvalue weighted by Crippen LogP contribution is -2.56. The predicted molar refractivity (Wildman–Crippen MR) is 114 cm³/mol. The average Bonchev–Trinajstić information content (AvgIpc) is 3.35. The van der Waals surface area contributed by atoms with E-state index in [1.54, 1.807) is 17.9 Å². The number of esters is 1. The third-order valence-corrected chi connectivity index (χ3v) is 7.24. The van der Waals surface area contributed by atoms with Crippen molar-refractivity contribution in [2.24, 2.45) is 11.8 Å². The van der Waals surface area contributed by atoms with E-state index < -0.39 is 35.0 Å². The molecule has 3 saturated heterocycles. The maximum absolute atomic E-state index is 13.8. The number of nitrogens with zero attached hydrogens (tertiary/aromatic N) is 2. The first kappa shape index (κ1) is 23.7. The lowest BCUT2D eigenvalue weighted by molar-refractivity contribution is -0.161. The van der Waals surface area contributed by atoms with Gasteiger partial charge in [-0.05, 0) is 32.6 Å². The first-order valence-electron chi connectivity index (χ1n) is 11.5. The first-order chi connectivity index (χ1) is 14.9. The SMILES string of the molecule is C=CCN(CCCC)C(=O)C1N(CCO)C(=O)[C@@H]2[C@@H](C(=O)OCC)[C@@]3(CC)CCC12O3. The third kappa shape index (κ3) is 3.57. The van der Waals surface area contributed by atoms with Gasteiger partial charge in [-0.2, -0.15) is 0 Å². The van der Waals surface area contributed by atoms with E-state index in [2.05, 4.69) is 13.5 Å². The number of aliphatic hydroxyl groups is 1. The van der Waals surface area contributed by atoms with Crippen LogP contribution < -0.4 is 0 Å². The molecule has 3 rings (SSSR count). The largest absolute Gasteiger partial charge is 0.466 e. The third-order valence-electron chi connectivity index (χ3n) is 7.24. The number of β-amino-alcohol motifs (C(OH)–C–C–N with tert-alkyl or cyclic N) is 1. The van der Waals surface area contributed by atoms with Crippen molar-refractivity contribution in [3.8, 4) is 0 Å². The fourth-order valence-corrected chi connectivity index (χ4v) is 5.91. The number of unbranched alkanes of at least 4 members (excludes halogenated alkanes) is 1. The van der Waals surface area contributed by atoms with E-state index in [9.17, 15) is 19.5 Å². The Balaban J connectivity index is 2.05. The Morgan fingerprint density at radius 1 is 1.35 bits per heavy atom. The molecule has 0 aromatic carbocycles. The molecule has 3 heterocycles. The molecule has 1 N–H and O–H groups in total. The zero-order valence-corrected chi connectivity index (χ0v) is 19.0. The van der Waals surface area contributed by atoms with E-state index in [-0.39, 0.29) is 31.6 Å².